The molecular formula is C84H118N24O21S2. The van der Waals surface area contributed by atoms with Gasteiger partial charge in [0, 0.05) is 81.7 Å². The van der Waals surface area contributed by atoms with Crippen LogP contribution >= 0.6 is 21.6 Å². The summed E-state index contributed by atoms with van der Waals surface area (Å²) in [6, 6.07) is -9.48. The molecule has 3 aromatic carbocycles. The first-order chi connectivity index (χ1) is 62.6. The molecular weight excluding hydrogens is 1750 g/mol. The van der Waals surface area contributed by atoms with Crippen LogP contribution < -0.4 is 97.6 Å². The molecule has 5 aliphatic heterocycles. The van der Waals surface area contributed by atoms with Crippen LogP contribution in [0.2, 0.25) is 0 Å². The number of aliphatic hydroxyl groups excluding tert-OH is 1. The maximum Gasteiger partial charge on any atom is 0.246 e. The highest BCUT2D eigenvalue weighted by molar-refractivity contribution is 8.76. The summed E-state index contributed by atoms with van der Waals surface area (Å²) in [6.07, 6.45) is 0.822. The molecule has 2 bridgehead atoms. The third-order valence-electron chi connectivity index (χ3n) is 22.9. The molecule has 5 saturated heterocycles. The van der Waals surface area contributed by atoms with E-state index in [0.29, 0.717) is 24.1 Å². The van der Waals surface area contributed by atoms with Crippen LogP contribution in [-0.2, 0) is 107 Å². The highest BCUT2D eigenvalue weighted by Gasteiger charge is 2.47. The average molecular weight is 1860 g/mol. The SMILES string of the molecule is CC1NNC(Cc2cnc[nH]2)C(=O)NC(Cc2ccc(O)cc2)C(=O)N2CCCC2C(=O)N2CCCC2C(=O)NC(CCCCN)C(=O)NC(CCC(N)=O)C(=O)NC(Cc2ccc(O)cc2)C(=O)NC2CSSCC(NC1=O)C(=O)NC(CO)C(=O)NC(C)C(=O)N1CCCC1C(=O)NC(CCN)C(=O)NC(CCCNC(=N)N)C(=O)C(=O)C(Cc1ccc(O)cc1)NC2=O. The van der Waals surface area contributed by atoms with E-state index in [4.69, 9.17) is 28.3 Å². The number of nitrogens with two attached hydrogens (primary N) is 4. The van der Waals surface area contributed by atoms with Gasteiger partial charge in [0.15, 0.2) is 5.96 Å². The van der Waals surface area contributed by atoms with Crippen LogP contribution in [0.3, 0.4) is 0 Å². The number of hydrogen-bond acceptors (Lipinski definition) is 29. The van der Waals surface area contributed by atoms with E-state index in [1.54, 1.807) is 0 Å². The molecule has 16 atom stereocenters. The number of phenolic OH excluding ortho intramolecular Hbond substituents is 3. The lowest BCUT2D eigenvalue weighted by atomic mass is 9.94. The zero-order chi connectivity index (χ0) is 95.1. The van der Waals surface area contributed by atoms with Crippen LogP contribution in [0.25, 0.3) is 0 Å². The van der Waals surface area contributed by atoms with Crippen LogP contribution in [0.1, 0.15) is 126 Å². The van der Waals surface area contributed by atoms with Crippen LogP contribution in [0.5, 0.6) is 17.2 Å². The van der Waals surface area contributed by atoms with Crippen molar-refractivity contribution in [3.8, 4) is 17.2 Å². The first-order valence-electron chi connectivity index (χ1n) is 43.4. The summed E-state index contributed by atoms with van der Waals surface area (Å²) in [7, 11) is 1.46. The Morgan fingerprint density at radius 3 is 1.38 bits per heavy atom. The fourth-order valence-corrected chi connectivity index (χ4v) is 18.0. The molecule has 131 heavy (non-hydrogen) atoms. The predicted octanol–water partition coefficient (Wildman–Crippen LogP) is -6.48. The number of hydrazine groups is 1. The van der Waals surface area contributed by atoms with Gasteiger partial charge in [0.25, 0.3) is 0 Å². The van der Waals surface area contributed by atoms with Crippen molar-refractivity contribution in [2.45, 2.75) is 226 Å². The molecule has 47 heteroatoms. The molecule has 0 aliphatic carbocycles. The van der Waals surface area contributed by atoms with Crippen molar-refractivity contribution in [3.05, 3.63) is 108 Å². The number of aromatic nitrogens is 2. The largest absolute Gasteiger partial charge is 0.508 e. The summed E-state index contributed by atoms with van der Waals surface area (Å²) in [4.78, 5) is 264. The number of amides is 15. The van der Waals surface area contributed by atoms with Gasteiger partial charge in [0.1, 0.15) is 95.8 Å². The number of guanidine groups is 1. The number of rotatable bonds is 22. The Morgan fingerprint density at radius 1 is 0.435 bits per heavy atom. The van der Waals surface area contributed by atoms with Crippen molar-refractivity contribution in [2.75, 3.05) is 57.4 Å². The number of aliphatic hydroxyl groups is 1. The molecule has 0 spiro atoms. The number of unbranched alkanes of at least 4 members (excludes halogenated alkanes) is 1. The van der Waals surface area contributed by atoms with E-state index in [-0.39, 0.29) is 145 Å². The van der Waals surface area contributed by atoms with Crippen LogP contribution in [-0.4, -0.2) is 305 Å². The molecule has 16 unspecified atom stereocenters. The van der Waals surface area contributed by atoms with E-state index in [0.717, 1.165) is 26.5 Å². The second kappa shape index (κ2) is 50.0. The highest BCUT2D eigenvalue weighted by atomic mass is 33.1. The maximum absolute atomic E-state index is 15.7. The summed E-state index contributed by atoms with van der Waals surface area (Å²) in [5.41, 5.74) is 30.1. The number of H-pyrrole nitrogens is 1. The fourth-order valence-electron chi connectivity index (χ4n) is 15.7. The van der Waals surface area contributed by atoms with Crippen molar-refractivity contribution in [2.24, 2.45) is 22.9 Å². The molecule has 5 aliphatic rings. The smallest absolute Gasteiger partial charge is 0.246 e. The number of ketones is 2. The number of aromatic hydroxyl groups is 3. The average Bonchev–Trinajstić information content (AvgIpc) is 1.65. The van der Waals surface area contributed by atoms with Gasteiger partial charge in [-0.1, -0.05) is 58.0 Å². The monoisotopic (exact) mass is 1860 g/mol. The number of carbonyl (C=O) groups is 17. The Kier molecular flexibility index (Phi) is 39.0. The van der Waals surface area contributed by atoms with Gasteiger partial charge in [-0.2, -0.15) is 0 Å². The highest BCUT2D eigenvalue weighted by Crippen LogP contribution is 2.29. The van der Waals surface area contributed by atoms with Gasteiger partial charge in [0.05, 0.1) is 31.1 Å². The zero-order valence-corrected chi connectivity index (χ0v) is 74.2. The van der Waals surface area contributed by atoms with Crippen molar-refractivity contribution >= 4 is 128 Å². The first kappa shape index (κ1) is 102. The molecule has 15 amide bonds. The second-order valence-electron chi connectivity index (χ2n) is 32.7. The Labute approximate surface area is 762 Å². The number of primary amides is 1. The summed E-state index contributed by atoms with van der Waals surface area (Å²) >= 11 is 0. The Hall–Kier alpha value is -12.6. The number of Topliss-reactive ketones (excluding diaryl/α,β-unsaturated/α-hetero) is 2. The number of imidazole rings is 1. The molecule has 9 rings (SSSR count). The third kappa shape index (κ3) is 30.0. The Bertz CT molecular complexity index is 4710. The van der Waals surface area contributed by atoms with Crippen molar-refractivity contribution in [1.82, 2.24) is 99.3 Å². The normalized spacial score (nSPS) is 26.7. The number of nitrogens with one attached hydrogen (secondary N) is 16. The number of fused-ring (bicyclic) bond motifs is 8. The number of phenols is 3. The number of hydrogen-bond donors (Lipinski definition) is 24. The lowest BCUT2D eigenvalue weighted by molar-refractivity contribution is -0.148. The summed E-state index contributed by atoms with van der Waals surface area (Å²) in [5.74, 6) is -19.6. The Morgan fingerprint density at radius 2 is 0.863 bits per heavy atom. The fraction of sp³-hybridized carbons (Fsp3) is 0.536. The van der Waals surface area contributed by atoms with Crippen molar-refractivity contribution in [3.63, 3.8) is 0 Å². The standard InChI is InChI=1S/C84H118N24O21S2/c1-44-70(116)102-62-41-130-131-42-63(77(123)98-57(35-46-14-20-50(110)21-15-46)69(115)68(114)53(10-5-31-91-84(88)89)94-73(119)56(28-30-86)97-79(125)64-11-6-32-106(64)81(127)45(2)93-76(122)61(40-109)101-78(62)124)103-74(120)58(36-47-16-22-51(111)23-17-47)99-72(118)55(26-27-67(87)113)95-71(117)54(9-3-4-29-85)96-80(126)65-12-7-33-107(65)83(129)66-13-8-34-108(66)82(128)60(37-48-18-24-52(112)25-19-48)100-75(121)59(105-104-44)38-49-39-90-43-92-49/h14-25,39,43-45,53-66,104-105,109-112H,3-13,26-38,40-42,85-86H2,1-2H3,(H2,87,113)(H,90,92)(H,93,122)(H,94,119)(H,95,117)(H,96,126)(H,97,125)(H,98,123)(H,99,118)(H,100,121)(H,101,124)(H,102,116)(H,103,120)(H4,88,89,91). The van der Waals surface area contributed by atoms with E-state index >= 15 is 47.9 Å². The van der Waals surface area contributed by atoms with Gasteiger partial charge in [-0.3, -0.25) is 86.9 Å². The van der Waals surface area contributed by atoms with Gasteiger partial charge in [-0.25, -0.2) is 15.8 Å². The minimum Gasteiger partial charge on any atom is -0.508 e. The molecule has 712 valence electrons. The molecule has 4 aromatic rings. The topological polar surface area (TPSA) is 706 Å². The van der Waals surface area contributed by atoms with Gasteiger partial charge in [-0.15, -0.1) is 0 Å². The lowest BCUT2D eigenvalue weighted by Crippen LogP contribution is -2.62. The van der Waals surface area contributed by atoms with Gasteiger partial charge < -0.3 is 127 Å². The van der Waals surface area contributed by atoms with Crippen LogP contribution in [0.4, 0.5) is 0 Å². The first-order valence-corrected chi connectivity index (χ1v) is 45.9. The number of carbonyl (C=O) groups excluding carboxylic acids is 17. The maximum atomic E-state index is 15.7. The minimum absolute atomic E-state index is 0.0105. The number of nitrogens with zero attached hydrogens (tertiary/aromatic N) is 4. The second-order valence-corrected chi connectivity index (χ2v) is 35.2. The van der Waals surface area contributed by atoms with Crippen molar-refractivity contribution in [1.29, 1.82) is 5.41 Å². The summed E-state index contributed by atoms with van der Waals surface area (Å²) < 4.78 is 0. The number of benzene rings is 3. The Balaban J connectivity index is 1.17. The number of aromatic amines is 1. The van der Waals surface area contributed by atoms with Gasteiger partial charge in [0.2, 0.25) is 100 Å². The minimum atomic E-state index is -1.97. The molecule has 6 heterocycles. The van der Waals surface area contributed by atoms with E-state index in [1.807, 2.05) is 0 Å². The lowest BCUT2D eigenvalue weighted by Gasteiger charge is -2.34. The van der Waals surface area contributed by atoms with E-state index in [9.17, 15) is 54.0 Å². The van der Waals surface area contributed by atoms with Crippen LogP contribution in [0.15, 0.2) is 85.3 Å². The van der Waals surface area contributed by atoms with Crippen molar-refractivity contribution < 1.29 is 102 Å². The van der Waals surface area contributed by atoms with Gasteiger partial charge >= 0.3 is 0 Å². The molecule has 0 saturated carbocycles. The van der Waals surface area contributed by atoms with Gasteiger partial charge in [-0.05, 0) is 163 Å². The van der Waals surface area contributed by atoms with E-state index in [2.05, 4.69) is 84.6 Å². The summed E-state index contributed by atoms with van der Waals surface area (Å²) in [6.45, 7) is 1.20. The predicted molar refractivity (Wildman–Crippen MR) is 475 cm³/mol. The zero-order valence-electron chi connectivity index (χ0n) is 72.6. The molecule has 5 fully saturated rings. The summed E-state index contributed by atoms with van der Waals surface area (Å²) in [5, 5.41) is 81.1. The molecule has 45 nitrogen and oxygen atoms in total. The molecule has 0 radical (unpaired) electrons. The third-order valence-corrected chi connectivity index (χ3v) is 25.3. The molecule has 28 N–H and O–H groups in total. The quantitative estimate of drug-likeness (QED) is 0.0114. The van der Waals surface area contributed by atoms with E-state index in [1.165, 1.54) is 109 Å². The van der Waals surface area contributed by atoms with E-state index < -0.39 is 247 Å². The van der Waals surface area contributed by atoms with Crippen LogP contribution in [0, 0.1) is 5.41 Å². The molecule has 1 aromatic heterocycles.